The molecule has 0 amide bonds. The minimum Gasteiger partial charge on any atom is -0.324 e. The Morgan fingerprint density at radius 1 is 1.33 bits per heavy atom. The molecule has 6 heteroatoms. The van der Waals surface area contributed by atoms with Gasteiger partial charge in [0.1, 0.15) is 5.82 Å². The van der Waals surface area contributed by atoms with Crippen LogP contribution in [-0.2, 0) is 6.54 Å². The van der Waals surface area contributed by atoms with Gasteiger partial charge >= 0.3 is 0 Å². The van der Waals surface area contributed by atoms with E-state index in [0.29, 0.717) is 23.1 Å². The molecule has 2 heterocycles. The Hall–Kier alpha value is -2.50. The van der Waals surface area contributed by atoms with Crippen molar-refractivity contribution in [1.29, 1.82) is 0 Å². The highest BCUT2D eigenvalue weighted by Gasteiger charge is 2.08. The highest BCUT2D eigenvalue weighted by Crippen LogP contribution is 2.12. The molecule has 0 radical (unpaired) electrons. The third-order valence-corrected chi connectivity index (χ3v) is 2.74. The van der Waals surface area contributed by atoms with Crippen molar-refractivity contribution in [2.24, 2.45) is 0 Å². The molecule has 2 aromatic heterocycles. The van der Waals surface area contributed by atoms with Crippen LogP contribution in [0.25, 0.3) is 11.0 Å². The molecule has 1 aromatic carbocycles. The van der Waals surface area contributed by atoms with Crippen LogP contribution >= 0.6 is 0 Å². The molecule has 0 aliphatic rings. The molecule has 0 spiro atoms. The van der Waals surface area contributed by atoms with Gasteiger partial charge < -0.3 is 4.57 Å². The van der Waals surface area contributed by atoms with Crippen LogP contribution in [0.3, 0.4) is 0 Å². The molecule has 90 valence electrons. The Morgan fingerprint density at radius 2 is 2.17 bits per heavy atom. The predicted octanol–water partition coefficient (Wildman–Crippen LogP) is 1.31. The lowest BCUT2D eigenvalue weighted by atomic mass is 10.2. The van der Waals surface area contributed by atoms with Gasteiger partial charge in [0, 0.05) is 5.56 Å². The summed E-state index contributed by atoms with van der Waals surface area (Å²) in [6, 6.07) is 6.50. The van der Waals surface area contributed by atoms with Gasteiger partial charge in [-0.2, -0.15) is 5.10 Å². The maximum Gasteiger partial charge on any atom is 0.292 e. The number of imidazole rings is 1. The topological polar surface area (TPSA) is 63.6 Å². The van der Waals surface area contributed by atoms with E-state index >= 15 is 0 Å². The van der Waals surface area contributed by atoms with Crippen molar-refractivity contribution < 1.29 is 4.39 Å². The molecule has 0 saturated carbocycles. The van der Waals surface area contributed by atoms with E-state index in [2.05, 4.69) is 15.2 Å². The molecule has 0 bridgehead atoms. The number of hydrogen-bond acceptors (Lipinski definition) is 3. The molecule has 0 saturated heterocycles. The average Bonchev–Trinajstić information content (AvgIpc) is 2.77. The summed E-state index contributed by atoms with van der Waals surface area (Å²) >= 11 is 0. The fraction of sp³-hybridized carbons (Fsp3) is 0.0833. The smallest absolute Gasteiger partial charge is 0.292 e. The zero-order chi connectivity index (χ0) is 12.5. The summed E-state index contributed by atoms with van der Waals surface area (Å²) in [4.78, 5) is 15.4. The first-order valence-electron chi connectivity index (χ1n) is 5.37. The van der Waals surface area contributed by atoms with Gasteiger partial charge in [-0.3, -0.25) is 4.79 Å². The molecule has 3 rings (SSSR count). The number of nitrogens with one attached hydrogen (secondary N) is 1. The molecule has 0 fully saturated rings. The largest absolute Gasteiger partial charge is 0.324 e. The Bertz CT molecular complexity index is 762. The third kappa shape index (κ3) is 1.67. The third-order valence-electron chi connectivity index (χ3n) is 2.74. The van der Waals surface area contributed by atoms with Gasteiger partial charge in [-0.25, -0.2) is 14.5 Å². The van der Waals surface area contributed by atoms with Crippen molar-refractivity contribution in [2.45, 2.75) is 6.54 Å². The summed E-state index contributed by atoms with van der Waals surface area (Å²) in [5.41, 5.74) is 1.08. The maximum atomic E-state index is 13.5. The summed E-state index contributed by atoms with van der Waals surface area (Å²) in [6.45, 7) is 0.314. The summed E-state index contributed by atoms with van der Waals surface area (Å²) < 4.78 is 15.2. The summed E-state index contributed by atoms with van der Waals surface area (Å²) in [6.07, 6.45) is 3.01. The first-order chi connectivity index (χ1) is 8.75. The normalized spacial score (nSPS) is 10.9. The van der Waals surface area contributed by atoms with Gasteiger partial charge in [-0.05, 0) is 6.07 Å². The number of halogens is 1. The molecular formula is C12H9FN4O. The Kier molecular flexibility index (Phi) is 2.40. The van der Waals surface area contributed by atoms with E-state index in [4.69, 9.17) is 0 Å². The summed E-state index contributed by atoms with van der Waals surface area (Å²) in [5, 5.41) is 6.02. The minimum atomic E-state index is -0.347. The molecular weight excluding hydrogens is 235 g/mol. The van der Waals surface area contributed by atoms with E-state index in [0.717, 1.165) is 0 Å². The minimum absolute atomic E-state index is 0.280. The first kappa shape index (κ1) is 10.6. The number of hydrogen-bond donors (Lipinski definition) is 1. The maximum absolute atomic E-state index is 13.5. The van der Waals surface area contributed by atoms with Crippen molar-refractivity contribution >= 4 is 11.0 Å². The number of rotatable bonds is 2. The number of nitrogens with zero attached hydrogens (tertiary/aromatic N) is 3. The quantitative estimate of drug-likeness (QED) is 0.739. The fourth-order valence-corrected chi connectivity index (χ4v) is 1.84. The Morgan fingerprint density at radius 3 is 3.00 bits per heavy atom. The lowest BCUT2D eigenvalue weighted by Crippen LogP contribution is -2.08. The second-order valence-corrected chi connectivity index (χ2v) is 3.90. The van der Waals surface area contributed by atoms with E-state index in [9.17, 15) is 9.18 Å². The predicted molar refractivity (Wildman–Crippen MR) is 63.7 cm³/mol. The molecule has 0 unspecified atom stereocenters. The SMILES string of the molecule is O=c1[nH]ncc2c1ncn2Cc1ccccc1F. The van der Waals surface area contributed by atoms with E-state index < -0.39 is 0 Å². The number of aromatic amines is 1. The number of H-pyrrole nitrogens is 1. The fourth-order valence-electron chi connectivity index (χ4n) is 1.84. The van der Waals surface area contributed by atoms with Crippen molar-refractivity contribution in [3.63, 3.8) is 0 Å². The Balaban J connectivity index is 2.09. The zero-order valence-electron chi connectivity index (χ0n) is 9.30. The van der Waals surface area contributed by atoms with Crippen LogP contribution in [0.1, 0.15) is 5.56 Å². The molecule has 1 N–H and O–H groups in total. The van der Waals surface area contributed by atoms with Crippen LogP contribution in [-0.4, -0.2) is 19.7 Å². The molecule has 5 nitrogen and oxygen atoms in total. The highest BCUT2D eigenvalue weighted by atomic mass is 19.1. The van der Waals surface area contributed by atoms with Gasteiger partial charge in [-0.15, -0.1) is 0 Å². The van der Waals surface area contributed by atoms with Crippen LogP contribution in [0.15, 0.2) is 41.6 Å². The standard InChI is InChI=1S/C12H9FN4O/c13-9-4-2-1-3-8(9)6-17-7-14-11-10(17)5-15-16-12(11)18/h1-5,7H,6H2,(H,16,18). The van der Waals surface area contributed by atoms with E-state index in [1.807, 2.05) is 0 Å². The molecule has 0 aliphatic carbocycles. The van der Waals surface area contributed by atoms with Gasteiger partial charge in [-0.1, -0.05) is 18.2 Å². The van der Waals surface area contributed by atoms with Crippen LogP contribution in [0.2, 0.25) is 0 Å². The molecule has 0 aliphatic heterocycles. The molecule has 3 aromatic rings. The van der Waals surface area contributed by atoms with E-state index in [1.54, 1.807) is 22.8 Å². The second kappa shape index (κ2) is 4.06. The van der Waals surface area contributed by atoms with Crippen molar-refractivity contribution in [3.05, 3.63) is 58.5 Å². The van der Waals surface area contributed by atoms with Gasteiger partial charge in [0.2, 0.25) is 0 Å². The van der Waals surface area contributed by atoms with Crippen LogP contribution in [0.4, 0.5) is 4.39 Å². The number of aromatic nitrogens is 4. The summed E-state index contributed by atoms with van der Waals surface area (Å²) in [5.74, 6) is -0.280. The highest BCUT2D eigenvalue weighted by molar-refractivity contribution is 5.72. The van der Waals surface area contributed by atoms with Crippen molar-refractivity contribution in [3.8, 4) is 0 Å². The average molecular weight is 244 g/mol. The van der Waals surface area contributed by atoms with Gasteiger partial charge in [0.05, 0.1) is 24.6 Å². The van der Waals surface area contributed by atoms with Crippen LogP contribution in [0.5, 0.6) is 0 Å². The van der Waals surface area contributed by atoms with E-state index in [1.165, 1.54) is 18.6 Å². The van der Waals surface area contributed by atoms with Gasteiger partial charge in [0.25, 0.3) is 5.56 Å². The van der Waals surface area contributed by atoms with Crippen molar-refractivity contribution in [1.82, 2.24) is 19.7 Å². The van der Waals surface area contributed by atoms with Crippen LogP contribution < -0.4 is 5.56 Å². The lowest BCUT2D eigenvalue weighted by molar-refractivity contribution is 0.601. The molecule has 0 atom stereocenters. The Labute approximate surface area is 101 Å². The van der Waals surface area contributed by atoms with Crippen LogP contribution in [0, 0.1) is 5.82 Å². The lowest BCUT2D eigenvalue weighted by Gasteiger charge is -2.04. The first-order valence-corrected chi connectivity index (χ1v) is 5.37. The second-order valence-electron chi connectivity index (χ2n) is 3.90. The van der Waals surface area contributed by atoms with E-state index in [-0.39, 0.29) is 11.4 Å². The monoisotopic (exact) mass is 244 g/mol. The van der Waals surface area contributed by atoms with Crippen molar-refractivity contribution in [2.75, 3.05) is 0 Å². The zero-order valence-corrected chi connectivity index (χ0v) is 9.30. The summed E-state index contributed by atoms with van der Waals surface area (Å²) in [7, 11) is 0. The number of benzene rings is 1. The number of fused-ring (bicyclic) bond motifs is 1. The van der Waals surface area contributed by atoms with Gasteiger partial charge in [0.15, 0.2) is 5.52 Å². The molecule has 18 heavy (non-hydrogen) atoms.